The first kappa shape index (κ1) is 42.5. The lowest BCUT2D eigenvalue weighted by atomic mass is 10.0. The molecule has 2 N–H and O–H groups in total. The minimum atomic E-state index is -0.954. The van der Waals surface area contributed by atoms with Gasteiger partial charge in [0.2, 0.25) is 0 Å². The highest BCUT2D eigenvalue weighted by Gasteiger charge is 2.07. The topological polar surface area (TPSA) is 66.8 Å². The van der Waals surface area contributed by atoms with Crippen LogP contribution in [0, 0.1) is 5.92 Å². The Morgan fingerprint density at radius 2 is 0.854 bits per heavy atom. The van der Waals surface area contributed by atoms with Crippen molar-refractivity contribution in [3.63, 3.8) is 0 Å². The van der Waals surface area contributed by atoms with E-state index in [1.54, 1.807) is 0 Å². The summed E-state index contributed by atoms with van der Waals surface area (Å²) in [6, 6.07) is 0. The Hall–Kier alpha value is -0.610. The van der Waals surface area contributed by atoms with Crippen molar-refractivity contribution in [2.75, 3.05) is 13.2 Å². The van der Waals surface area contributed by atoms with Crippen LogP contribution in [0.4, 0.5) is 0 Å². The Morgan fingerprint density at radius 3 is 1.17 bits per heavy atom. The quantitative estimate of drug-likeness (QED) is 0.0628. The van der Waals surface area contributed by atoms with Crippen LogP contribution < -0.4 is 0 Å². The molecule has 0 aromatic carbocycles. The van der Waals surface area contributed by atoms with Crippen molar-refractivity contribution in [2.45, 2.75) is 214 Å². The van der Waals surface area contributed by atoms with Crippen LogP contribution >= 0.6 is 0 Å². The smallest absolute Gasteiger partial charge is 0.305 e. The highest BCUT2D eigenvalue weighted by atomic mass is 16.5. The standard InChI is InChI=1S/C21H42O4.C16H34/c1-2-3-4-5-6-7-8-9-10-11-12-13-14-15-16-17-21(24)25-19-20(23)18-22;1-4-5-6-7-8-9-10-11-12-13-14-15-16(2)3/h20,22-23H,2-19H2,1H3;16H,4-15H2,1-3H3. The van der Waals surface area contributed by atoms with Gasteiger partial charge >= 0.3 is 5.97 Å². The van der Waals surface area contributed by atoms with Gasteiger partial charge in [0.1, 0.15) is 12.7 Å². The lowest BCUT2D eigenvalue weighted by Gasteiger charge is -2.08. The number of hydrogen-bond acceptors (Lipinski definition) is 4. The number of hydrogen-bond donors (Lipinski definition) is 2. The second-order valence-electron chi connectivity index (χ2n) is 12.9. The first-order chi connectivity index (χ1) is 20.0. The maximum Gasteiger partial charge on any atom is 0.305 e. The lowest BCUT2D eigenvalue weighted by molar-refractivity contribution is -0.147. The Morgan fingerprint density at radius 1 is 0.537 bits per heavy atom. The first-order valence-electron chi connectivity index (χ1n) is 18.4. The van der Waals surface area contributed by atoms with Gasteiger partial charge in [0.05, 0.1) is 6.61 Å². The van der Waals surface area contributed by atoms with E-state index in [2.05, 4.69) is 27.7 Å². The number of carbonyl (C=O) groups excluding carboxylic acids is 1. The van der Waals surface area contributed by atoms with Crippen molar-refractivity contribution < 1.29 is 19.7 Å². The summed E-state index contributed by atoms with van der Waals surface area (Å²) in [5.74, 6) is 0.626. The number of carbonyl (C=O) groups is 1. The average Bonchev–Trinajstić information content (AvgIpc) is 2.96. The maximum absolute atomic E-state index is 11.4. The van der Waals surface area contributed by atoms with E-state index in [0.29, 0.717) is 6.42 Å². The van der Waals surface area contributed by atoms with Gasteiger partial charge in [0.25, 0.3) is 0 Å². The summed E-state index contributed by atoms with van der Waals surface area (Å²) < 4.78 is 4.86. The summed E-state index contributed by atoms with van der Waals surface area (Å²) in [6.45, 7) is 8.74. The van der Waals surface area contributed by atoms with Gasteiger partial charge in [-0.15, -0.1) is 0 Å². The van der Waals surface area contributed by atoms with Crippen molar-refractivity contribution in [3.8, 4) is 0 Å². The van der Waals surface area contributed by atoms with Gasteiger partial charge in [-0.3, -0.25) is 4.79 Å². The van der Waals surface area contributed by atoms with Gasteiger partial charge < -0.3 is 14.9 Å². The monoisotopic (exact) mass is 585 g/mol. The molecular formula is C37H76O4. The summed E-state index contributed by atoms with van der Waals surface area (Å²) in [4.78, 5) is 11.4. The van der Waals surface area contributed by atoms with Gasteiger partial charge in [-0.1, -0.05) is 195 Å². The fourth-order valence-electron chi connectivity index (χ4n) is 5.17. The molecule has 248 valence electrons. The molecular weight excluding hydrogens is 508 g/mol. The van der Waals surface area contributed by atoms with Gasteiger partial charge in [-0.25, -0.2) is 0 Å². The molecule has 0 aromatic rings. The molecule has 0 radical (unpaired) electrons. The molecule has 1 unspecified atom stereocenters. The molecule has 0 bridgehead atoms. The van der Waals surface area contributed by atoms with E-state index in [1.165, 1.54) is 161 Å². The van der Waals surface area contributed by atoms with E-state index in [1.807, 2.05) is 0 Å². The van der Waals surface area contributed by atoms with Gasteiger partial charge in [-0.2, -0.15) is 0 Å². The van der Waals surface area contributed by atoms with Crippen LogP contribution in [-0.4, -0.2) is 35.5 Å². The molecule has 0 saturated heterocycles. The number of ether oxygens (including phenoxy) is 1. The summed E-state index contributed by atoms with van der Waals surface area (Å²) in [7, 11) is 0. The minimum Gasteiger partial charge on any atom is -0.463 e. The second-order valence-corrected chi connectivity index (χ2v) is 12.9. The molecule has 0 rings (SSSR count). The summed E-state index contributed by atoms with van der Waals surface area (Å²) in [6.07, 6.45) is 36.5. The summed E-state index contributed by atoms with van der Waals surface area (Å²) >= 11 is 0. The van der Waals surface area contributed by atoms with E-state index in [4.69, 9.17) is 14.9 Å². The highest BCUT2D eigenvalue weighted by molar-refractivity contribution is 5.69. The average molecular weight is 585 g/mol. The molecule has 0 heterocycles. The molecule has 0 aliphatic heterocycles. The lowest BCUT2D eigenvalue weighted by Crippen LogP contribution is -2.21. The Balaban J connectivity index is 0. The van der Waals surface area contributed by atoms with Crippen molar-refractivity contribution in [1.82, 2.24) is 0 Å². The third kappa shape index (κ3) is 41.6. The molecule has 0 fully saturated rings. The molecule has 4 heteroatoms. The Bertz CT molecular complexity index is 480. The minimum absolute atomic E-state index is 0.103. The number of unbranched alkanes of at least 4 members (excludes halogenated alkanes) is 24. The fraction of sp³-hybridized carbons (Fsp3) is 0.973. The Labute approximate surface area is 258 Å². The Kier molecular flexibility index (Phi) is 38.8. The fourth-order valence-corrected chi connectivity index (χ4v) is 5.17. The molecule has 1 atom stereocenters. The van der Waals surface area contributed by atoms with Gasteiger partial charge in [-0.05, 0) is 12.3 Å². The zero-order chi connectivity index (χ0) is 30.7. The maximum atomic E-state index is 11.4. The molecule has 4 nitrogen and oxygen atoms in total. The zero-order valence-corrected chi connectivity index (χ0v) is 28.6. The first-order valence-corrected chi connectivity index (χ1v) is 18.4. The van der Waals surface area contributed by atoms with Gasteiger partial charge in [0.15, 0.2) is 0 Å². The summed E-state index contributed by atoms with van der Waals surface area (Å²) in [5.41, 5.74) is 0. The van der Waals surface area contributed by atoms with E-state index in [0.717, 1.165) is 18.8 Å². The van der Waals surface area contributed by atoms with Crippen LogP contribution in [0.15, 0.2) is 0 Å². The molecule has 0 saturated carbocycles. The number of esters is 1. The van der Waals surface area contributed by atoms with Crippen LogP contribution in [0.2, 0.25) is 0 Å². The molecule has 0 spiro atoms. The normalized spacial score (nSPS) is 11.9. The SMILES string of the molecule is CCCCCCCCCCCCCC(C)C.CCCCCCCCCCCCCCCCCC(=O)OCC(O)CO. The van der Waals surface area contributed by atoms with E-state index < -0.39 is 6.10 Å². The van der Waals surface area contributed by atoms with Crippen LogP contribution in [-0.2, 0) is 9.53 Å². The van der Waals surface area contributed by atoms with Crippen LogP contribution in [0.5, 0.6) is 0 Å². The van der Waals surface area contributed by atoms with Crippen molar-refractivity contribution in [3.05, 3.63) is 0 Å². The van der Waals surface area contributed by atoms with E-state index in [-0.39, 0.29) is 19.2 Å². The third-order valence-corrected chi connectivity index (χ3v) is 8.02. The van der Waals surface area contributed by atoms with Crippen LogP contribution in [0.1, 0.15) is 207 Å². The second kappa shape index (κ2) is 37.4. The number of aliphatic hydroxyl groups excluding tert-OH is 2. The molecule has 41 heavy (non-hydrogen) atoms. The molecule has 0 aliphatic rings. The highest BCUT2D eigenvalue weighted by Crippen LogP contribution is 2.15. The van der Waals surface area contributed by atoms with Crippen LogP contribution in [0.3, 0.4) is 0 Å². The zero-order valence-electron chi connectivity index (χ0n) is 28.6. The van der Waals surface area contributed by atoms with Crippen molar-refractivity contribution in [1.29, 1.82) is 0 Å². The molecule has 0 aromatic heterocycles. The largest absolute Gasteiger partial charge is 0.463 e. The van der Waals surface area contributed by atoms with Crippen LogP contribution in [0.25, 0.3) is 0 Å². The molecule has 0 aliphatic carbocycles. The van der Waals surface area contributed by atoms with Crippen molar-refractivity contribution in [2.24, 2.45) is 5.92 Å². The predicted octanol–water partition coefficient (Wildman–Crippen LogP) is 11.5. The summed E-state index contributed by atoms with van der Waals surface area (Å²) in [5, 5.41) is 17.7. The van der Waals surface area contributed by atoms with Gasteiger partial charge in [0, 0.05) is 6.42 Å². The third-order valence-electron chi connectivity index (χ3n) is 8.02. The number of rotatable bonds is 31. The van der Waals surface area contributed by atoms with Crippen molar-refractivity contribution >= 4 is 5.97 Å². The van der Waals surface area contributed by atoms with E-state index >= 15 is 0 Å². The molecule has 0 amide bonds. The predicted molar refractivity (Wildman–Crippen MR) is 180 cm³/mol. The van der Waals surface area contributed by atoms with E-state index in [9.17, 15) is 4.79 Å². The number of aliphatic hydroxyl groups is 2.